The Kier molecular flexibility index (Phi) is 2.63. The first-order valence-electron chi connectivity index (χ1n) is 7.32. The van der Waals surface area contributed by atoms with Gasteiger partial charge in [-0.2, -0.15) is 0 Å². The fourth-order valence-corrected chi connectivity index (χ4v) is 2.65. The summed E-state index contributed by atoms with van der Waals surface area (Å²) in [5.74, 6) is 0.744. The molecule has 3 aromatic heterocycles. The minimum atomic E-state index is 0.372. The highest BCUT2D eigenvalue weighted by Gasteiger charge is 2.11. The van der Waals surface area contributed by atoms with E-state index in [1.807, 2.05) is 48.5 Å². The maximum absolute atomic E-state index is 4.32. The summed E-state index contributed by atoms with van der Waals surface area (Å²) < 4.78 is 3.51. The monoisotopic (exact) mass is 314 g/mol. The Morgan fingerprint density at radius 2 is 0.958 bits per heavy atom. The highest BCUT2D eigenvalue weighted by atomic mass is 15.4. The molecule has 0 aliphatic heterocycles. The van der Waals surface area contributed by atoms with Crippen molar-refractivity contribution in [2.75, 3.05) is 0 Å². The summed E-state index contributed by atoms with van der Waals surface area (Å²) >= 11 is 0. The molecule has 8 nitrogen and oxygen atoms in total. The first-order chi connectivity index (χ1) is 11.9. The van der Waals surface area contributed by atoms with Gasteiger partial charge in [-0.1, -0.05) is 24.3 Å². The highest BCUT2D eigenvalue weighted by Crippen LogP contribution is 2.16. The zero-order valence-corrected chi connectivity index (χ0v) is 12.4. The van der Waals surface area contributed by atoms with Crippen molar-refractivity contribution in [3.63, 3.8) is 0 Å². The molecule has 5 aromatic rings. The van der Waals surface area contributed by atoms with Crippen LogP contribution >= 0.6 is 0 Å². The number of hydrogen-bond acceptors (Lipinski definition) is 6. The smallest absolute Gasteiger partial charge is 0.264 e. The van der Waals surface area contributed by atoms with E-state index in [4.69, 9.17) is 0 Å². The summed E-state index contributed by atoms with van der Waals surface area (Å²) in [7, 11) is 0. The summed E-state index contributed by atoms with van der Waals surface area (Å²) in [6, 6.07) is 15.5. The lowest BCUT2D eigenvalue weighted by Gasteiger charge is -2.03. The molecule has 2 aromatic carbocycles. The van der Waals surface area contributed by atoms with Crippen molar-refractivity contribution < 1.29 is 0 Å². The second kappa shape index (κ2) is 4.92. The topological polar surface area (TPSA) is 87.2 Å². The Balaban J connectivity index is 1.60. The zero-order chi connectivity index (χ0) is 15.9. The number of aromatic nitrogens is 8. The second-order valence-electron chi connectivity index (χ2n) is 5.21. The quantitative estimate of drug-likeness (QED) is 0.495. The highest BCUT2D eigenvalue weighted by molar-refractivity contribution is 5.77. The number of benzene rings is 2. The Bertz CT molecular complexity index is 1060. The molecule has 0 bridgehead atoms. The van der Waals surface area contributed by atoms with Gasteiger partial charge in [-0.25, -0.2) is 9.97 Å². The second-order valence-corrected chi connectivity index (χ2v) is 5.21. The maximum atomic E-state index is 4.32. The molecule has 0 spiro atoms. The van der Waals surface area contributed by atoms with E-state index in [0.29, 0.717) is 11.9 Å². The van der Waals surface area contributed by atoms with Crippen LogP contribution < -0.4 is 0 Å². The van der Waals surface area contributed by atoms with Crippen LogP contribution in [0.2, 0.25) is 0 Å². The van der Waals surface area contributed by atoms with Crippen LogP contribution in [0, 0.1) is 0 Å². The number of rotatable bonds is 2. The first kappa shape index (κ1) is 12.8. The van der Waals surface area contributed by atoms with E-state index in [1.54, 1.807) is 21.8 Å². The number of hydrogen-bond donors (Lipinski definition) is 0. The van der Waals surface area contributed by atoms with Crippen molar-refractivity contribution in [1.29, 1.82) is 0 Å². The number of imidazole rings is 2. The third kappa shape index (κ3) is 1.86. The van der Waals surface area contributed by atoms with Gasteiger partial charge in [0.15, 0.2) is 0 Å². The van der Waals surface area contributed by atoms with Crippen LogP contribution in [0.25, 0.3) is 34.0 Å². The third-order valence-electron chi connectivity index (χ3n) is 3.80. The molecule has 0 saturated heterocycles. The van der Waals surface area contributed by atoms with Crippen LogP contribution in [0.5, 0.6) is 0 Å². The lowest BCUT2D eigenvalue weighted by Crippen LogP contribution is -2.09. The molecule has 0 fully saturated rings. The van der Waals surface area contributed by atoms with E-state index in [1.165, 1.54) is 0 Å². The SMILES string of the molecule is c1ccc2c(c1)ncn2-c1nnc(-n2cnc3ccccc32)nn1. The minimum Gasteiger partial charge on any atom is -0.264 e. The number of nitrogens with zero attached hydrogens (tertiary/aromatic N) is 8. The van der Waals surface area contributed by atoms with E-state index in [-0.39, 0.29) is 0 Å². The van der Waals surface area contributed by atoms with E-state index >= 15 is 0 Å². The van der Waals surface area contributed by atoms with Crippen molar-refractivity contribution in [2.45, 2.75) is 0 Å². The average molecular weight is 314 g/mol. The van der Waals surface area contributed by atoms with Gasteiger partial charge in [0.25, 0.3) is 11.9 Å². The van der Waals surface area contributed by atoms with Crippen LogP contribution in [-0.4, -0.2) is 39.5 Å². The number of fused-ring (bicyclic) bond motifs is 2. The summed E-state index contributed by atoms with van der Waals surface area (Å²) in [5, 5.41) is 16.7. The molecule has 0 N–H and O–H groups in total. The Hall–Kier alpha value is -3.68. The fraction of sp³-hybridized carbons (Fsp3) is 0. The predicted octanol–water partition coefficient (Wildman–Crippen LogP) is 1.94. The molecule has 0 aliphatic carbocycles. The van der Waals surface area contributed by atoms with E-state index in [9.17, 15) is 0 Å². The van der Waals surface area contributed by atoms with Crippen molar-refractivity contribution in [1.82, 2.24) is 39.5 Å². The van der Waals surface area contributed by atoms with Crippen LogP contribution in [0.4, 0.5) is 0 Å². The van der Waals surface area contributed by atoms with Crippen LogP contribution in [-0.2, 0) is 0 Å². The van der Waals surface area contributed by atoms with Gasteiger partial charge in [0.2, 0.25) is 0 Å². The van der Waals surface area contributed by atoms with Crippen molar-refractivity contribution in [3.05, 3.63) is 61.2 Å². The molecule has 0 unspecified atom stereocenters. The van der Waals surface area contributed by atoms with Gasteiger partial charge in [0.1, 0.15) is 12.7 Å². The van der Waals surface area contributed by atoms with Crippen molar-refractivity contribution in [3.8, 4) is 11.9 Å². The van der Waals surface area contributed by atoms with E-state index < -0.39 is 0 Å². The molecule has 0 saturated carbocycles. The maximum Gasteiger partial charge on any atom is 0.274 e. The average Bonchev–Trinajstić information content (AvgIpc) is 3.26. The largest absolute Gasteiger partial charge is 0.274 e. The molecular weight excluding hydrogens is 304 g/mol. The predicted molar refractivity (Wildman–Crippen MR) is 86.9 cm³/mol. The molecule has 3 heterocycles. The molecule has 24 heavy (non-hydrogen) atoms. The lowest BCUT2D eigenvalue weighted by molar-refractivity contribution is 0.749. The van der Waals surface area contributed by atoms with Gasteiger partial charge in [0.05, 0.1) is 22.1 Å². The van der Waals surface area contributed by atoms with Crippen LogP contribution in [0.15, 0.2) is 61.2 Å². The van der Waals surface area contributed by atoms with Crippen LogP contribution in [0.1, 0.15) is 0 Å². The summed E-state index contributed by atoms with van der Waals surface area (Å²) in [6.07, 6.45) is 3.32. The Morgan fingerprint density at radius 3 is 1.42 bits per heavy atom. The van der Waals surface area contributed by atoms with Gasteiger partial charge in [-0.15, -0.1) is 20.4 Å². The molecule has 8 heteroatoms. The van der Waals surface area contributed by atoms with Gasteiger partial charge >= 0.3 is 0 Å². The van der Waals surface area contributed by atoms with Gasteiger partial charge < -0.3 is 0 Å². The lowest BCUT2D eigenvalue weighted by atomic mass is 10.3. The third-order valence-corrected chi connectivity index (χ3v) is 3.80. The summed E-state index contributed by atoms with van der Waals surface area (Å²) in [4.78, 5) is 8.64. The molecule has 5 rings (SSSR count). The minimum absolute atomic E-state index is 0.372. The van der Waals surface area contributed by atoms with Gasteiger partial charge in [-0.3, -0.25) is 9.13 Å². The molecular formula is C16H10N8. The molecule has 114 valence electrons. The Labute approximate surface area is 135 Å². The van der Waals surface area contributed by atoms with E-state index in [2.05, 4.69) is 30.4 Å². The molecule has 0 radical (unpaired) electrons. The molecule has 0 atom stereocenters. The van der Waals surface area contributed by atoms with E-state index in [0.717, 1.165) is 22.1 Å². The fourth-order valence-electron chi connectivity index (χ4n) is 2.65. The zero-order valence-electron chi connectivity index (χ0n) is 12.4. The molecule has 0 amide bonds. The van der Waals surface area contributed by atoms with Crippen molar-refractivity contribution in [2.24, 2.45) is 0 Å². The van der Waals surface area contributed by atoms with Gasteiger partial charge in [-0.05, 0) is 24.3 Å². The summed E-state index contributed by atoms with van der Waals surface area (Å²) in [5.41, 5.74) is 3.54. The number of para-hydroxylation sites is 4. The van der Waals surface area contributed by atoms with Crippen LogP contribution in [0.3, 0.4) is 0 Å². The standard InChI is InChI=1S/C16H10N8/c1-3-7-13-11(5-1)17-9-23(13)15-19-21-16(22-20-15)24-10-18-12-6-2-4-8-14(12)24/h1-10H. The normalized spacial score (nSPS) is 11.3. The van der Waals surface area contributed by atoms with Crippen molar-refractivity contribution >= 4 is 22.1 Å². The van der Waals surface area contributed by atoms with Gasteiger partial charge in [0, 0.05) is 0 Å². The molecule has 0 aliphatic rings. The Morgan fingerprint density at radius 1 is 0.542 bits per heavy atom. The summed E-state index contributed by atoms with van der Waals surface area (Å²) in [6.45, 7) is 0. The first-order valence-corrected chi connectivity index (χ1v) is 7.32.